The van der Waals surface area contributed by atoms with E-state index in [1.165, 1.54) is 4.88 Å². The Morgan fingerprint density at radius 1 is 1.50 bits per heavy atom. The molecule has 2 heterocycles. The molecule has 96 valence electrons. The Hall–Kier alpha value is -1.49. The van der Waals surface area contributed by atoms with Gasteiger partial charge in [-0.2, -0.15) is 4.98 Å². The summed E-state index contributed by atoms with van der Waals surface area (Å²) in [6.45, 7) is 5.53. The second-order valence-corrected chi connectivity index (χ2v) is 5.67. The normalized spacial score (nSPS) is 12.9. The first-order valence-corrected chi connectivity index (χ1v) is 6.81. The molecule has 0 aliphatic carbocycles. The lowest BCUT2D eigenvalue weighted by atomic mass is 9.92. The number of aromatic nitrogens is 2. The first-order chi connectivity index (χ1) is 8.58. The van der Waals surface area contributed by atoms with Gasteiger partial charge in [-0.1, -0.05) is 25.1 Å². The second kappa shape index (κ2) is 5.44. The van der Waals surface area contributed by atoms with Crippen molar-refractivity contribution in [2.75, 3.05) is 0 Å². The van der Waals surface area contributed by atoms with E-state index in [0.717, 1.165) is 0 Å². The highest BCUT2D eigenvalue weighted by atomic mass is 32.1. The number of carbonyl (C=O) groups is 1. The molecule has 4 nitrogen and oxygen atoms in total. The number of Topliss-reactive ketones (excluding diaryl/α,β-unsaturated/α-hetero) is 1. The molecule has 0 amide bonds. The van der Waals surface area contributed by atoms with Gasteiger partial charge >= 0.3 is 0 Å². The van der Waals surface area contributed by atoms with Crippen LogP contribution in [0.3, 0.4) is 0 Å². The molecule has 2 rings (SSSR count). The Morgan fingerprint density at radius 3 is 2.83 bits per heavy atom. The number of hydrogen-bond donors (Lipinski definition) is 0. The average molecular weight is 264 g/mol. The molecule has 0 saturated heterocycles. The van der Waals surface area contributed by atoms with Gasteiger partial charge in [0.15, 0.2) is 5.82 Å². The van der Waals surface area contributed by atoms with Gasteiger partial charge in [0.05, 0.1) is 5.92 Å². The number of nitrogens with zero attached hydrogens (tertiary/aromatic N) is 2. The Balaban J connectivity index is 2.16. The smallest absolute Gasteiger partial charge is 0.237 e. The van der Waals surface area contributed by atoms with Gasteiger partial charge in [-0.15, -0.1) is 11.3 Å². The maximum atomic E-state index is 11.6. The molecular weight excluding hydrogens is 248 g/mol. The highest BCUT2D eigenvalue weighted by Gasteiger charge is 2.26. The third kappa shape index (κ3) is 2.85. The Labute approximate surface area is 110 Å². The van der Waals surface area contributed by atoms with Crippen LogP contribution >= 0.6 is 11.3 Å². The van der Waals surface area contributed by atoms with Gasteiger partial charge in [0.1, 0.15) is 5.78 Å². The van der Waals surface area contributed by atoms with Crippen molar-refractivity contribution in [3.05, 3.63) is 34.1 Å². The maximum Gasteiger partial charge on any atom is 0.237 e. The molecule has 2 aromatic rings. The van der Waals surface area contributed by atoms with Gasteiger partial charge in [0, 0.05) is 11.3 Å². The van der Waals surface area contributed by atoms with Gasteiger partial charge in [-0.3, -0.25) is 4.79 Å². The van der Waals surface area contributed by atoms with Crippen LogP contribution in [0.25, 0.3) is 0 Å². The fourth-order valence-corrected chi connectivity index (χ4v) is 2.66. The molecule has 1 atom stereocenters. The van der Waals surface area contributed by atoms with Crippen molar-refractivity contribution in [2.45, 2.75) is 33.1 Å². The van der Waals surface area contributed by atoms with Crippen LogP contribution in [0, 0.1) is 5.92 Å². The second-order valence-electron chi connectivity index (χ2n) is 4.64. The zero-order chi connectivity index (χ0) is 13.1. The third-order valence-electron chi connectivity index (χ3n) is 2.77. The van der Waals surface area contributed by atoms with Crippen LogP contribution in [0.5, 0.6) is 0 Å². The molecule has 2 aromatic heterocycles. The largest absolute Gasteiger partial charge is 0.339 e. The van der Waals surface area contributed by atoms with Gasteiger partial charge in [0.2, 0.25) is 5.89 Å². The van der Waals surface area contributed by atoms with E-state index in [-0.39, 0.29) is 17.6 Å². The molecule has 0 bridgehead atoms. The number of ketones is 1. The summed E-state index contributed by atoms with van der Waals surface area (Å²) in [5.74, 6) is 1.01. The summed E-state index contributed by atoms with van der Waals surface area (Å²) in [7, 11) is 0. The molecule has 0 aromatic carbocycles. The van der Waals surface area contributed by atoms with E-state index < -0.39 is 0 Å². The van der Waals surface area contributed by atoms with E-state index in [1.807, 2.05) is 31.4 Å². The van der Waals surface area contributed by atoms with E-state index >= 15 is 0 Å². The quantitative estimate of drug-likeness (QED) is 0.832. The average Bonchev–Trinajstić information content (AvgIpc) is 2.90. The number of rotatable bonds is 5. The predicted molar refractivity (Wildman–Crippen MR) is 69.7 cm³/mol. The van der Waals surface area contributed by atoms with Crippen molar-refractivity contribution in [3.63, 3.8) is 0 Å². The molecule has 0 N–H and O–H groups in total. The van der Waals surface area contributed by atoms with E-state index in [2.05, 4.69) is 10.1 Å². The topological polar surface area (TPSA) is 56.0 Å². The predicted octanol–water partition coefficient (Wildman–Crippen LogP) is 3.05. The summed E-state index contributed by atoms with van der Waals surface area (Å²) >= 11 is 1.66. The minimum absolute atomic E-state index is 0.0660. The monoisotopic (exact) mass is 264 g/mol. The molecule has 0 aliphatic heterocycles. The van der Waals surface area contributed by atoms with E-state index in [9.17, 15) is 4.79 Å². The number of thiophene rings is 1. The van der Waals surface area contributed by atoms with Crippen molar-refractivity contribution >= 4 is 17.1 Å². The Morgan fingerprint density at radius 2 is 2.28 bits per heavy atom. The zero-order valence-corrected chi connectivity index (χ0v) is 11.5. The summed E-state index contributed by atoms with van der Waals surface area (Å²) in [6.07, 6.45) is 0.657. The lowest BCUT2D eigenvalue weighted by molar-refractivity contribution is -0.119. The zero-order valence-electron chi connectivity index (χ0n) is 10.7. The van der Waals surface area contributed by atoms with Crippen LogP contribution in [0.2, 0.25) is 0 Å². The number of hydrogen-bond acceptors (Lipinski definition) is 5. The van der Waals surface area contributed by atoms with E-state index in [1.54, 1.807) is 18.3 Å². The van der Waals surface area contributed by atoms with Crippen molar-refractivity contribution in [1.82, 2.24) is 10.1 Å². The third-order valence-corrected chi connectivity index (χ3v) is 3.64. The molecule has 0 saturated carbocycles. The van der Waals surface area contributed by atoms with Crippen molar-refractivity contribution < 1.29 is 9.32 Å². The summed E-state index contributed by atoms with van der Waals surface area (Å²) in [6, 6.07) is 4.03. The van der Waals surface area contributed by atoms with Crippen LogP contribution in [0.4, 0.5) is 0 Å². The van der Waals surface area contributed by atoms with Crippen LogP contribution in [-0.2, 0) is 11.2 Å². The van der Waals surface area contributed by atoms with Crippen LogP contribution in [0.15, 0.2) is 22.0 Å². The molecular formula is C13H16N2O2S. The van der Waals surface area contributed by atoms with Gasteiger partial charge in [-0.25, -0.2) is 0 Å². The number of carbonyl (C=O) groups excluding carboxylic acids is 1. The molecule has 0 radical (unpaired) electrons. The summed E-state index contributed by atoms with van der Waals surface area (Å²) in [5.41, 5.74) is 0. The lowest BCUT2D eigenvalue weighted by Crippen LogP contribution is -2.15. The fraction of sp³-hybridized carbons (Fsp3) is 0.462. The van der Waals surface area contributed by atoms with Gasteiger partial charge in [-0.05, 0) is 24.3 Å². The first kappa shape index (κ1) is 13.0. The molecule has 5 heteroatoms. The molecule has 0 spiro atoms. The summed E-state index contributed by atoms with van der Waals surface area (Å²) in [4.78, 5) is 17.1. The molecule has 18 heavy (non-hydrogen) atoms. The van der Waals surface area contributed by atoms with Crippen LogP contribution in [0.1, 0.15) is 43.3 Å². The summed E-state index contributed by atoms with van der Waals surface area (Å²) < 4.78 is 5.22. The summed E-state index contributed by atoms with van der Waals surface area (Å²) in [5, 5.41) is 5.96. The minimum atomic E-state index is -0.297. The molecule has 0 aliphatic rings. The Kier molecular flexibility index (Phi) is 3.91. The van der Waals surface area contributed by atoms with Crippen molar-refractivity contribution in [2.24, 2.45) is 5.92 Å². The highest BCUT2D eigenvalue weighted by Crippen LogP contribution is 2.24. The van der Waals surface area contributed by atoms with Gasteiger partial charge < -0.3 is 4.52 Å². The highest BCUT2D eigenvalue weighted by molar-refractivity contribution is 7.09. The van der Waals surface area contributed by atoms with Crippen molar-refractivity contribution in [3.8, 4) is 0 Å². The van der Waals surface area contributed by atoms with E-state index in [4.69, 9.17) is 4.52 Å². The standard InChI is InChI=1S/C13H16N2O2S/c1-8(2)12(9(3)16)13-14-11(15-17-13)7-10-5-4-6-18-10/h4-6,8,12H,7H2,1-3H3. The lowest BCUT2D eigenvalue weighted by Gasteiger charge is -2.12. The Bertz CT molecular complexity index is 517. The molecule has 0 fully saturated rings. The minimum Gasteiger partial charge on any atom is -0.339 e. The fourth-order valence-electron chi connectivity index (χ4n) is 1.96. The van der Waals surface area contributed by atoms with Crippen molar-refractivity contribution in [1.29, 1.82) is 0 Å². The van der Waals surface area contributed by atoms with Crippen LogP contribution in [-0.4, -0.2) is 15.9 Å². The first-order valence-electron chi connectivity index (χ1n) is 5.93. The maximum absolute atomic E-state index is 11.6. The molecule has 1 unspecified atom stereocenters. The van der Waals surface area contributed by atoms with Crippen LogP contribution < -0.4 is 0 Å². The van der Waals surface area contributed by atoms with Gasteiger partial charge in [0.25, 0.3) is 0 Å². The van der Waals surface area contributed by atoms with E-state index in [0.29, 0.717) is 18.1 Å². The SMILES string of the molecule is CC(=O)C(c1nc(Cc2cccs2)no1)C(C)C.